The molecule has 0 aromatic carbocycles. The van der Waals surface area contributed by atoms with Crippen LogP contribution in [0.1, 0.15) is 12.8 Å². The summed E-state index contributed by atoms with van der Waals surface area (Å²) in [5.74, 6) is 7.27. The third kappa shape index (κ3) is 3.04. The van der Waals surface area contributed by atoms with Crippen molar-refractivity contribution in [3.05, 3.63) is 12.3 Å². The van der Waals surface area contributed by atoms with E-state index < -0.39 is 0 Å². The van der Waals surface area contributed by atoms with Gasteiger partial charge in [0.25, 0.3) is 0 Å². The van der Waals surface area contributed by atoms with E-state index in [2.05, 4.69) is 20.3 Å². The van der Waals surface area contributed by atoms with Crippen molar-refractivity contribution in [3.8, 4) is 0 Å². The van der Waals surface area contributed by atoms with E-state index in [1.165, 1.54) is 12.8 Å². The minimum absolute atomic E-state index is 0.455. The summed E-state index contributed by atoms with van der Waals surface area (Å²) in [6.45, 7) is 2.82. The standard InChI is InChI=1S/C11H19N5O/c1-17-8-9-3-2-6-16(7-9)10-4-5-13-11(14-10)15-12/h4-5,9H,2-3,6-8,12H2,1H3,(H,13,14,15). The topological polar surface area (TPSA) is 76.3 Å². The van der Waals surface area contributed by atoms with Crippen molar-refractivity contribution in [1.29, 1.82) is 0 Å². The molecule has 0 spiro atoms. The molecule has 3 N–H and O–H groups in total. The van der Waals surface area contributed by atoms with Crippen molar-refractivity contribution >= 4 is 11.8 Å². The molecule has 2 heterocycles. The van der Waals surface area contributed by atoms with E-state index >= 15 is 0 Å². The van der Waals surface area contributed by atoms with Crippen molar-refractivity contribution in [1.82, 2.24) is 9.97 Å². The maximum Gasteiger partial charge on any atom is 0.239 e. The number of piperidine rings is 1. The number of nitrogens with two attached hydrogens (primary N) is 1. The Morgan fingerprint density at radius 1 is 1.65 bits per heavy atom. The number of hydrogen-bond donors (Lipinski definition) is 2. The van der Waals surface area contributed by atoms with E-state index in [4.69, 9.17) is 10.6 Å². The number of hydrazine groups is 1. The lowest BCUT2D eigenvalue weighted by Crippen LogP contribution is -2.37. The van der Waals surface area contributed by atoms with Crippen molar-refractivity contribution in [2.75, 3.05) is 37.1 Å². The molecule has 6 nitrogen and oxygen atoms in total. The molecule has 0 radical (unpaired) electrons. The summed E-state index contributed by atoms with van der Waals surface area (Å²) in [5.41, 5.74) is 2.47. The van der Waals surface area contributed by atoms with Crippen LogP contribution in [0.5, 0.6) is 0 Å². The zero-order valence-corrected chi connectivity index (χ0v) is 10.1. The van der Waals surface area contributed by atoms with Crippen LogP contribution in [0.15, 0.2) is 12.3 Å². The van der Waals surface area contributed by atoms with Gasteiger partial charge < -0.3 is 9.64 Å². The molecule has 1 aromatic heterocycles. The van der Waals surface area contributed by atoms with Gasteiger partial charge in [0.05, 0.1) is 6.61 Å². The average Bonchev–Trinajstić information content (AvgIpc) is 2.40. The molecule has 17 heavy (non-hydrogen) atoms. The maximum absolute atomic E-state index is 5.31. The predicted octanol–water partition coefficient (Wildman–Crippen LogP) is 0.625. The molecule has 1 aliphatic heterocycles. The first kappa shape index (κ1) is 12.1. The molecule has 0 amide bonds. The number of anilines is 2. The lowest BCUT2D eigenvalue weighted by molar-refractivity contribution is 0.143. The number of aromatic nitrogens is 2. The van der Waals surface area contributed by atoms with Gasteiger partial charge in [-0.25, -0.2) is 10.8 Å². The smallest absolute Gasteiger partial charge is 0.239 e. The summed E-state index contributed by atoms with van der Waals surface area (Å²) in [5, 5.41) is 0. The van der Waals surface area contributed by atoms with Gasteiger partial charge in [0.2, 0.25) is 5.95 Å². The van der Waals surface area contributed by atoms with Gasteiger partial charge in [-0.3, -0.25) is 5.43 Å². The van der Waals surface area contributed by atoms with Crippen LogP contribution in [0, 0.1) is 5.92 Å². The van der Waals surface area contributed by atoms with E-state index in [0.29, 0.717) is 11.9 Å². The van der Waals surface area contributed by atoms with Crippen molar-refractivity contribution in [2.45, 2.75) is 12.8 Å². The number of nitrogens with one attached hydrogen (secondary N) is 1. The van der Waals surface area contributed by atoms with E-state index in [1.807, 2.05) is 6.07 Å². The highest BCUT2D eigenvalue weighted by atomic mass is 16.5. The SMILES string of the molecule is COCC1CCCN(c2ccnc(NN)n2)C1. The number of nitrogens with zero attached hydrogens (tertiary/aromatic N) is 3. The van der Waals surface area contributed by atoms with Crippen LogP contribution in [-0.4, -0.2) is 36.8 Å². The number of methoxy groups -OCH3 is 1. The summed E-state index contributed by atoms with van der Waals surface area (Å²) in [6, 6.07) is 1.91. The largest absolute Gasteiger partial charge is 0.384 e. The average molecular weight is 237 g/mol. The van der Waals surface area contributed by atoms with Crippen LogP contribution in [0.25, 0.3) is 0 Å². The highest BCUT2D eigenvalue weighted by Gasteiger charge is 2.20. The minimum atomic E-state index is 0.455. The molecule has 0 aliphatic carbocycles. The molecule has 1 saturated heterocycles. The molecule has 6 heteroatoms. The third-order valence-corrected chi connectivity index (χ3v) is 3.02. The van der Waals surface area contributed by atoms with Crippen LogP contribution in [0.4, 0.5) is 11.8 Å². The highest BCUT2D eigenvalue weighted by molar-refractivity contribution is 5.42. The molecule has 1 unspecified atom stereocenters. The van der Waals surface area contributed by atoms with Gasteiger partial charge in [0, 0.05) is 26.4 Å². The van der Waals surface area contributed by atoms with Gasteiger partial charge >= 0.3 is 0 Å². The summed E-state index contributed by atoms with van der Waals surface area (Å²) in [7, 11) is 1.75. The van der Waals surface area contributed by atoms with Gasteiger partial charge in [-0.05, 0) is 24.8 Å². The minimum Gasteiger partial charge on any atom is -0.384 e. The Balaban J connectivity index is 2.05. The summed E-state index contributed by atoms with van der Waals surface area (Å²) in [6.07, 6.45) is 4.11. The fraction of sp³-hybridized carbons (Fsp3) is 0.636. The molecule has 1 atom stereocenters. The zero-order chi connectivity index (χ0) is 12.1. The molecule has 0 bridgehead atoms. The van der Waals surface area contributed by atoms with Crippen LogP contribution < -0.4 is 16.2 Å². The Hall–Kier alpha value is -1.40. The molecular weight excluding hydrogens is 218 g/mol. The summed E-state index contributed by atoms with van der Waals surface area (Å²) in [4.78, 5) is 10.6. The van der Waals surface area contributed by atoms with E-state index in [0.717, 1.165) is 25.5 Å². The first-order valence-electron chi connectivity index (χ1n) is 5.87. The molecule has 1 aromatic rings. The van der Waals surface area contributed by atoms with E-state index in [-0.39, 0.29) is 0 Å². The second kappa shape index (κ2) is 5.79. The number of nitrogen functional groups attached to an aromatic ring is 1. The molecular formula is C11H19N5O. The van der Waals surface area contributed by atoms with Crippen molar-refractivity contribution in [2.24, 2.45) is 11.8 Å². The normalized spacial score (nSPS) is 20.4. The summed E-state index contributed by atoms with van der Waals surface area (Å²) < 4.78 is 5.22. The maximum atomic E-state index is 5.31. The molecule has 2 rings (SSSR count). The Bertz CT molecular complexity index is 357. The van der Waals surface area contributed by atoms with Crippen molar-refractivity contribution in [3.63, 3.8) is 0 Å². The second-order valence-electron chi connectivity index (χ2n) is 4.29. The Morgan fingerprint density at radius 3 is 3.29 bits per heavy atom. The monoisotopic (exact) mass is 237 g/mol. The third-order valence-electron chi connectivity index (χ3n) is 3.02. The Morgan fingerprint density at radius 2 is 2.53 bits per heavy atom. The van der Waals surface area contributed by atoms with E-state index in [9.17, 15) is 0 Å². The Labute approximate surface area is 101 Å². The van der Waals surface area contributed by atoms with E-state index in [1.54, 1.807) is 13.3 Å². The second-order valence-corrected chi connectivity index (χ2v) is 4.29. The molecule has 94 valence electrons. The highest BCUT2D eigenvalue weighted by Crippen LogP contribution is 2.21. The fourth-order valence-corrected chi connectivity index (χ4v) is 2.24. The van der Waals surface area contributed by atoms with Gasteiger partial charge in [0.1, 0.15) is 5.82 Å². The Kier molecular flexibility index (Phi) is 4.11. The molecule has 1 aliphatic rings. The van der Waals surface area contributed by atoms with Crippen LogP contribution in [0.2, 0.25) is 0 Å². The lowest BCUT2D eigenvalue weighted by atomic mass is 9.99. The summed E-state index contributed by atoms with van der Waals surface area (Å²) >= 11 is 0. The quantitative estimate of drug-likeness (QED) is 0.590. The first-order valence-corrected chi connectivity index (χ1v) is 5.87. The molecule has 1 fully saturated rings. The van der Waals surface area contributed by atoms with Gasteiger partial charge in [-0.1, -0.05) is 0 Å². The molecule has 0 saturated carbocycles. The number of ether oxygens (including phenoxy) is 1. The predicted molar refractivity (Wildman–Crippen MR) is 66.7 cm³/mol. The van der Waals surface area contributed by atoms with Crippen LogP contribution >= 0.6 is 0 Å². The number of rotatable bonds is 4. The van der Waals surface area contributed by atoms with Gasteiger partial charge in [-0.15, -0.1) is 0 Å². The van der Waals surface area contributed by atoms with Gasteiger partial charge in [0.15, 0.2) is 0 Å². The lowest BCUT2D eigenvalue weighted by Gasteiger charge is -2.33. The van der Waals surface area contributed by atoms with Crippen molar-refractivity contribution < 1.29 is 4.74 Å². The fourth-order valence-electron chi connectivity index (χ4n) is 2.24. The number of hydrogen-bond acceptors (Lipinski definition) is 6. The van der Waals surface area contributed by atoms with Crippen LogP contribution in [-0.2, 0) is 4.74 Å². The first-order chi connectivity index (χ1) is 8.33. The van der Waals surface area contributed by atoms with Gasteiger partial charge in [-0.2, -0.15) is 4.98 Å². The zero-order valence-electron chi connectivity index (χ0n) is 10.1. The van der Waals surface area contributed by atoms with Crippen LogP contribution in [0.3, 0.4) is 0 Å².